The Morgan fingerprint density at radius 1 is 1.17 bits per heavy atom. The van der Waals surface area contributed by atoms with Gasteiger partial charge in [-0.25, -0.2) is 0 Å². The molecule has 3 rings (SSSR count). The fraction of sp³-hybridized carbons (Fsp3) is 0.211. The van der Waals surface area contributed by atoms with Crippen LogP contribution in [-0.2, 0) is 6.54 Å². The van der Waals surface area contributed by atoms with Gasteiger partial charge in [-0.15, -0.1) is 0 Å². The number of aryl methyl sites for hydroxylation is 2. The van der Waals surface area contributed by atoms with E-state index in [2.05, 4.69) is 22.4 Å². The monoisotopic (exact) mass is 308 g/mol. The molecule has 0 saturated carbocycles. The maximum absolute atomic E-state index is 12.5. The minimum atomic E-state index is -0.109. The van der Waals surface area contributed by atoms with E-state index in [-0.39, 0.29) is 5.91 Å². The number of aromatic amines is 1. The van der Waals surface area contributed by atoms with Crippen molar-refractivity contribution in [3.63, 3.8) is 0 Å². The smallest absolute Gasteiger partial charge is 0.268 e. The number of hydrogen-bond donors (Lipinski definition) is 2. The van der Waals surface area contributed by atoms with E-state index in [4.69, 9.17) is 4.74 Å². The van der Waals surface area contributed by atoms with Crippen LogP contribution in [0, 0.1) is 13.8 Å². The Balaban J connectivity index is 1.82. The molecule has 0 unspecified atom stereocenters. The van der Waals surface area contributed by atoms with Crippen LogP contribution in [0.2, 0.25) is 0 Å². The third-order valence-corrected chi connectivity index (χ3v) is 4.07. The van der Waals surface area contributed by atoms with Gasteiger partial charge in [-0.1, -0.05) is 30.3 Å². The summed E-state index contributed by atoms with van der Waals surface area (Å²) >= 11 is 0. The number of aromatic nitrogens is 1. The molecule has 0 bridgehead atoms. The van der Waals surface area contributed by atoms with Crippen LogP contribution >= 0.6 is 0 Å². The molecule has 0 aliphatic rings. The molecule has 0 aliphatic carbocycles. The molecule has 1 amide bonds. The zero-order valence-corrected chi connectivity index (χ0v) is 13.6. The Morgan fingerprint density at radius 2 is 1.96 bits per heavy atom. The fourth-order valence-electron chi connectivity index (χ4n) is 2.79. The lowest BCUT2D eigenvalue weighted by atomic mass is 10.1. The van der Waals surface area contributed by atoms with Crippen LogP contribution in [0.3, 0.4) is 0 Å². The number of methoxy groups -OCH3 is 1. The molecule has 0 radical (unpaired) electrons. The molecule has 3 aromatic rings. The number of benzene rings is 2. The van der Waals surface area contributed by atoms with Crippen LogP contribution in [-0.4, -0.2) is 18.0 Å². The van der Waals surface area contributed by atoms with Gasteiger partial charge in [0.2, 0.25) is 0 Å². The van der Waals surface area contributed by atoms with Crippen molar-refractivity contribution in [2.75, 3.05) is 7.11 Å². The van der Waals surface area contributed by atoms with Crippen molar-refractivity contribution < 1.29 is 9.53 Å². The Labute approximate surface area is 135 Å². The summed E-state index contributed by atoms with van der Waals surface area (Å²) in [5.41, 5.74) is 4.69. The second-order valence-electron chi connectivity index (χ2n) is 5.67. The molecule has 1 aromatic heterocycles. The second kappa shape index (κ2) is 6.16. The van der Waals surface area contributed by atoms with E-state index >= 15 is 0 Å². The summed E-state index contributed by atoms with van der Waals surface area (Å²) in [4.78, 5) is 15.7. The van der Waals surface area contributed by atoms with E-state index < -0.39 is 0 Å². The number of para-hydroxylation sites is 1. The number of fused-ring (bicyclic) bond motifs is 1. The topological polar surface area (TPSA) is 54.1 Å². The first-order valence-corrected chi connectivity index (χ1v) is 7.59. The molecule has 118 valence electrons. The normalized spacial score (nSPS) is 10.7. The minimum Gasteiger partial charge on any atom is -0.496 e. The first-order valence-electron chi connectivity index (χ1n) is 7.59. The number of rotatable bonds is 4. The SMILES string of the molecule is COc1ccccc1CNC(=O)c1[nH]c2cc(C)ccc2c1C. The Bertz CT molecular complexity index is 865. The Hall–Kier alpha value is -2.75. The molecule has 0 atom stereocenters. The molecule has 2 N–H and O–H groups in total. The van der Waals surface area contributed by atoms with Crippen molar-refractivity contribution in [1.82, 2.24) is 10.3 Å². The summed E-state index contributed by atoms with van der Waals surface area (Å²) in [6, 6.07) is 13.8. The van der Waals surface area contributed by atoms with Crippen molar-refractivity contribution in [2.24, 2.45) is 0 Å². The van der Waals surface area contributed by atoms with E-state index in [1.807, 2.05) is 44.2 Å². The summed E-state index contributed by atoms with van der Waals surface area (Å²) in [5, 5.41) is 4.04. The molecular weight excluding hydrogens is 288 g/mol. The Kier molecular flexibility index (Phi) is 4.06. The van der Waals surface area contributed by atoms with Gasteiger partial charge in [0, 0.05) is 23.0 Å². The van der Waals surface area contributed by atoms with Crippen LogP contribution in [0.25, 0.3) is 10.9 Å². The number of amides is 1. The lowest BCUT2D eigenvalue weighted by molar-refractivity contribution is 0.0946. The van der Waals surface area contributed by atoms with Gasteiger partial charge in [0.05, 0.1) is 7.11 Å². The van der Waals surface area contributed by atoms with Crippen molar-refractivity contribution in [3.05, 3.63) is 64.8 Å². The highest BCUT2D eigenvalue weighted by atomic mass is 16.5. The minimum absolute atomic E-state index is 0.109. The highest BCUT2D eigenvalue weighted by Crippen LogP contribution is 2.23. The summed E-state index contributed by atoms with van der Waals surface area (Å²) in [6.07, 6.45) is 0. The van der Waals surface area contributed by atoms with E-state index in [0.717, 1.165) is 27.8 Å². The number of hydrogen-bond acceptors (Lipinski definition) is 2. The lowest BCUT2D eigenvalue weighted by Gasteiger charge is -2.09. The summed E-state index contributed by atoms with van der Waals surface area (Å²) in [6.45, 7) is 4.43. The average Bonchev–Trinajstić information content (AvgIpc) is 2.89. The predicted octanol–water partition coefficient (Wildman–Crippen LogP) is 3.72. The standard InChI is InChI=1S/C19H20N2O2/c1-12-8-9-15-13(2)18(21-16(15)10-12)19(22)20-11-14-6-4-5-7-17(14)23-3/h4-10,21H,11H2,1-3H3,(H,20,22). The van der Waals surface area contributed by atoms with Crippen molar-refractivity contribution >= 4 is 16.8 Å². The maximum Gasteiger partial charge on any atom is 0.268 e. The van der Waals surface area contributed by atoms with Gasteiger partial charge in [0.15, 0.2) is 0 Å². The van der Waals surface area contributed by atoms with Crippen LogP contribution in [0.5, 0.6) is 5.75 Å². The molecule has 4 heteroatoms. The number of carbonyl (C=O) groups is 1. The number of ether oxygens (including phenoxy) is 1. The third-order valence-electron chi connectivity index (χ3n) is 4.07. The number of carbonyl (C=O) groups excluding carboxylic acids is 1. The number of H-pyrrole nitrogens is 1. The van der Waals surface area contributed by atoms with Gasteiger partial charge < -0.3 is 15.0 Å². The van der Waals surface area contributed by atoms with Gasteiger partial charge in [-0.3, -0.25) is 4.79 Å². The maximum atomic E-state index is 12.5. The lowest BCUT2D eigenvalue weighted by Crippen LogP contribution is -2.24. The Morgan fingerprint density at radius 3 is 2.74 bits per heavy atom. The highest BCUT2D eigenvalue weighted by Gasteiger charge is 2.15. The van der Waals surface area contributed by atoms with Crippen LogP contribution < -0.4 is 10.1 Å². The molecule has 0 fully saturated rings. The quantitative estimate of drug-likeness (QED) is 0.771. The van der Waals surface area contributed by atoms with E-state index in [1.54, 1.807) is 7.11 Å². The molecule has 1 heterocycles. The molecule has 4 nitrogen and oxygen atoms in total. The molecule has 0 spiro atoms. The third kappa shape index (κ3) is 2.93. The van der Waals surface area contributed by atoms with Gasteiger partial charge in [-0.2, -0.15) is 0 Å². The molecule has 23 heavy (non-hydrogen) atoms. The molecule has 0 saturated heterocycles. The van der Waals surface area contributed by atoms with Crippen LogP contribution in [0.4, 0.5) is 0 Å². The van der Waals surface area contributed by atoms with E-state index in [1.165, 1.54) is 5.56 Å². The molecule has 0 aliphatic heterocycles. The molecular formula is C19H20N2O2. The van der Waals surface area contributed by atoms with Gasteiger partial charge in [0.25, 0.3) is 5.91 Å². The van der Waals surface area contributed by atoms with Crippen LogP contribution in [0.1, 0.15) is 27.2 Å². The molecule has 2 aromatic carbocycles. The van der Waals surface area contributed by atoms with Crippen molar-refractivity contribution in [3.8, 4) is 5.75 Å². The highest BCUT2D eigenvalue weighted by molar-refractivity contribution is 6.00. The first-order chi connectivity index (χ1) is 11.1. The summed E-state index contributed by atoms with van der Waals surface area (Å²) in [5.74, 6) is 0.666. The van der Waals surface area contributed by atoms with Crippen LogP contribution in [0.15, 0.2) is 42.5 Å². The van der Waals surface area contributed by atoms with Crippen molar-refractivity contribution in [1.29, 1.82) is 0 Å². The summed E-state index contributed by atoms with van der Waals surface area (Å²) in [7, 11) is 1.63. The first kappa shape index (κ1) is 15.2. The largest absolute Gasteiger partial charge is 0.496 e. The number of nitrogens with one attached hydrogen (secondary N) is 2. The van der Waals surface area contributed by atoms with Gasteiger partial charge >= 0.3 is 0 Å². The predicted molar refractivity (Wildman–Crippen MR) is 91.9 cm³/mol. The van der Waals surface area contributed by atoms with Crippen molar-refractivity contribution in [2.45, 2.75) is 20.4 Å². The zero-order valence-electron chi connectivity index (χ0n) is 13.6. The summed E-state index contributed by atoms with van der Waals surface area (Å²) < 4.78 is 5.31. The fourth-order valence-corrected chi connectivity index (χ4v) is 2.79. The zero-order chi connectivity index (χ0) is 16.4. The van der Waals surface area contributed by atoms with Gasteiger partial charge in [0.1, 0.15) is 11.4 Å². The average molecular weight is 308 g/mol. The second-order valence-corrected chi connectivity index (χ2v) is 5.67. The van der Waals surface area contributed by atoms with E-state index in [9.17, 15) is 4.79 Å². The van der Waals surface area contributed by atoms with E-state index in [0.29, 0.717) is 12.2 Å². The van der Waals surface area contributed by atoms with Gasteiger partial charge in [-0.05, 0) is 37.1 Å².